The van der Waals surface area contributed by atoms with Crippen LogP contribution in [0.2, 0.25) is 0 Å². The predicted molar refractivity (Wildman–Crippen MR) is 98.3 cm³/mol. The van der Waals surface area contributed by atoms with Crippen LogP contribution in [0.15, 0.2) is 64.0 Å². The molecular weight excluding hydrogens is 387 g/mol. The summed E-state index contributed by atoms with van der Waals surface area (Å²) in [6.45, 7) is -0.124. The van der Waals surface area contributed by atoms with Gasteiger partial charge in [0.1, 0.15) is 18.1 Å². The number of aromatic nitrogens is 1. The second kappa shape index (κ2) is 7.91. The monoisotopic (exact) mass is 404 g/mol. The Hall–Kier alpha value is -3.04. The number of benzene rings is 2. The molecule has 0 radical (unpaired) electrons. The van der Waals surface area contributed by atoms with Crippen molar-refractivity contribution in [3.63, 3.8) is 0 Å². The molecule has 0 N–H and O–H groups in total. The first-order chi connectivity index (χ1) is 13.3. The average Bonchev–Trinajstić information content (AvgIpc) is 3.15. The third-order valence-electron chi connectivity index (χ3n) is 3.91. The van der Waals surface area contributed by atoms with Gasteiger partial charge in [-0.3, -0.25) is 0 Å². The molecule has 0 unspecified atom stereocenters. The van der Waals surface area contributed by atoms with Crippen LogP contribution in [0.5, 0.6) is 0 Å². The van der Waals surface area contributed by atoms with Crippen molar-refractivity contribution in [2.45, 2.75) is 11.5 Å². The zero-order chi connectivity index (χ0) is 20.3. The maximum absolute atomic E-state index is 13.0. The van der Waals surface area contributed by atoms with E-state index < -0.39 is 16.0 Å². The van der Waals surface area contributed by atoms with Crippen LogP contribution >= 0.6 is 0 Å². The third kappa shape index (κ3) is 4.26. The van der Waals surface area contributed by atoms with E-state index in [-0.39, 0.29) is 22.9 Å². The van der Waals surface area contributed by atoms with Gasteiger partial charge in [-0.05, 0) is 48.5 Å². The number of esters is 1. The highest BCUT2D eigenvalue weighted by Gasteiger charge is 2.18. The topological polar surface area (TPSA) is 89.7 Å². The van der Waals surface area contributed by atoms with E-state index in [4.69, 9.17) is 9.26 Å². The van der Waals surface area contributed by atoms with Gasteiger partial charge < -0.3 is 9.26 Å². The SMILES string of the molecule is CN(C)S(=O)(=O)c1ccc(C(=O)OCc2cc(-c3ccc(F)cc3)on2)cc1. The number of hydrogen-bond acceptors (Lipinski definition) is 6. The quantitative estimate of drug-likeness (QED) is 0.587. The zero-order valence-electron chi connectivity index (χ0n) is 15.1. The van der Waals surface area contributed by atoms with Crippen molar-refractivity contribution in [3.05, 3.63) is 71.7 Å². The van der Waals surface area contributed by atoms with Gasteiger partial charge in [-0.15, -0.1) is 0 Å². The maximum atomic E-state index is 13.0. The van der Waals surface area contributed by atoms with Crippen molar-refractivity contribution in [2.75, 3.05) is 14.1 Å². The van der Waals surface area contributed by atoms with Gasteiger partial charge in [0.05, 0.1) is 10.5 Å². The Balaban J connectivity index is 1.64. The normalized spacial score (nSPS) is 11.6. The average molecular weight is 404 g/mol. The number of rotatable bonds is 6. The first-order valence-electron chi connectivity index (χ1n) is 8.18. The molecule has 3 rings (SSSR count). The molecule has 3 aromatic rings. The van der Waals surface area contributed by atoms with Crippen LogP contribution in [-0.2, 0) is 21.4 Å². The largest absolute Gasteiger partial charge is 0.455 e. The van der Waals surface area contributed by atoms with Crippen molar-refractivity contribution in [1.82, 2.24) is 9.46 Å². The van der Waals surface area contributed by atoms with E-state index in [1.165, 1.54) is 50.5 Å². The van der Waals surface area contributed by atoms with E-state index in [9.17, 15) is 17.6 Å². The lowest BCUT2D eigenvalue weighted by atomic mass is 10.1. The van der Waals surface area contributed by atoms with Crippen molar-refractivity contribution >= 4 is 16.0 Å². The van der Waals surface area contributed by atoms with Gasteiger partial charge in [0, 0.05) is 25.7 Å². The van der Waals surface area contributed by atoms with Crippen LogP contribution < -0.4 is 0 Å². The summed E-state index contributed by atoms with van der Waals surface area (Å²) in [5, 5.41) is 3.82. The molecule has 0 spiro atoms. The highest BCUT2D eigenvalue weighted by atomic mass is 32.2. The molecule has 1 aromatic heterocycles. The minimum Gasteiger partial charge on any atom is -0.455 e. The van der Waals surface area contributed by atoms with Crippen molar-refractivity contribution in [1.29, 1.82) is 0 Å². The van der Waals surface area contributed by atoms with Gasteiger partial charge in [-0.1, -0.05) is 5.16 Å². The molecule has 7 nitrogen and oxygen atoms in total. The first-order valence-corrected chi connectivity index (χ1v) is 9.62. The van der Waals surface area contributed by atoms with Crippen LogP contribution in [0.25, 0.3) is 11.3 Å². The van der Waals surface area contributed by atoms with Gasteiger partial charge in [0.2, 0.25) is 10.0 Å². The Morgan fingerprint density at radius 3 is 2.36 bits per heavy atom. The smallest absolute Gasteiger partial charge is 0.338 e. The third-order valence-corrected chi connectivity index (χ3v) is 5.74. The van der Waals surface area contributed by atoms with E-state index in [0.717, 1.165) is 4.31 Å². The van der Waals surface area contributed by atoms with E-state index in [0.29, 0.717) is 17.0 Å². The molecule has 0 saturated heterocycles. The Labute approximate surface area is 161 Å². The lowest BCUT2D eigenvalue weighted by molar-refractivity contribution is 0.0464. The highest BCUT2D eigenvalue weighted by Crippen LogP contribution is 2.21. The molecule has 0 aliphatic rings. The van der Waals surface area contributed by atoms with Crippen LogP contribution in [-0.4, -0.2) is 37.9 Å². The standard InChI is InChI=1S/C19H17FN2O5S/c1-22(2)28(24,25)17-9-5-14(6-10-17)19(23)26-12-16-11-18(27-21-16)13-3-7-15(20)8-4-13/h3-11H,12H2,1-2H3. The van der Waals surface area contributed by atoms with Gasteiger partial charge in [0.25, 0.3) is 0 Å². The number of carbonyl (C=O) groups is 1. The molecule has 1 heterocycles. The van der Waals surface area contributed by atoms with Crippen LogP contribution in [0.3, 0.4) is 0 Å². The second-order valence-electron chi connectivity index (χ2n) is 6.08. The lowest BCUT2D eigenvalue weighted by Gasteiger charge is -2.11. The second-order valence-corrected chi connectivity index (χ2v) is 8.23. The van der Waals surface area contributed by atoms with Crippen molar-refractivity contribution in [2.24, 2.45) is 0 Å². The van der Waals surface area contributed by atoms with Crippen LogP contribution in [0.1, 0.15) is 16.1 Å². The van der Waals surface area contributed by atoms with Crippen LogP contribution in [0.4, 0.5) is 4.39 Å². The Bertz CT molecular complexity index is 1070. The summed E-state index contributed by atoms with van der Waals surface area (Å²) in [6.07, 6.45) is 0. The summed E-state index contributed by atoms with van der Waals surface area (Å²) in [7, 11) is -0.713. The number of carbonyl (C=O) groups excluding carboxylic acids is 1. The van der Waals surface area contributed by atoms with E-state index >= 15 is 0 Å². The molecule has 2 aromatic carbocycles. The fourth-order valence-electron chi connectivity index (χ4n) is 2.33. The summed E-state index contributed by atoms with van der Waals surface area (Å²) in [5.41, 5.74) is 1.24. The molecule has 0 atom stereocenters. The number of halogens is 1. The lowest BCUT2D eigenvalue weighted by Crippen LogP contribution is -2.22. The highest BCUT2D eigenvalue weighted by molar-refractivity contribution is 7.89. The van der Waals surface area contributed by atoms with Gasteiger partial charge >= 0.3 is 5.97 Å². The molecular formula is C19H17FN2O5S. The molecule has 0 aliphatic carbocycles. The molecule has 28 heavy (non-hydrogen) atoms. The summed E-state index contributed by atoms with van der Waals surface area (Å²) >= 11 is 0. The molecule has 0 aliphatic heterocycles. The Morgan fingerprint density at radius 2 is 1.75 bits per heavy atom. The van der Waals surface area contributed by atoms with E-state index in [2.05, 4.69) is 5.16 Å². The number of ether oxygens (including phenoxy) is 1. The molecule has 0 fully saturated rings. The minimum absolute atomic E-state index is 0.0782. The fourth-order valence-corrected chi connectivity index (χ4v) is 3.23. The molecule has 0 saturated carbocycles. The number of hydrogen-bond donors (Lipinski definition) is 0. The van der Waals surface area contributed by atoms with Gasteiger partial charge in [0.15, 0.2) is 5.76 Å². The Kier molecular flexibility index (Phi) is 5.57. The molecule has 146 valence electrons. The van der Waals surface area contributed by atoms with Crippen molar-refractivity contribution in [3.8, 4) is 11.3 Å². The summed E-state index contributed by atoms with van der Waals surface area (Å²) in [5.74, 6) is -0.564. The fraction of sp³-hybridized carbons (Fsp3) is 0.158. The summed E-state index contributed by atoms with van der Waals surface area (Å²) in [6, 6.07) is 12.7. The zero-order valence-corrected chi connectivity index (χ0v) is 15.9. The van der Waals surface area contributed by atoms with Gasteiger partial charge in [-0.25, -0.2) is 21.9 Å². The van der Waals surface area contributed by atoms with Crippen LogP contribution in [0, 0.1) is 5.82 Å². The summed E-state index contributed by atoms with van der Waals surface area (Å²) < 4.78 is 48.5. The first kappa shape index (κ1) is 19.7. The van der Waals surface area contributed by atoms with Gasteiger partial charge in [-0.2, -0.15) is 0 Å². The molecule has 9 heteroatoms. The number of sulfonamides is 1. The molecule has 0 bridgehead atoms. The minimum atomic E-state index is -3.57. The maximum Gasteiger partial charge on any atom is 0.338 e. The predicted octanol–water partition coefficient (Wildman–Crippen LogP) is 3.09. The van der Waals surface area contributed by atoms with E-state index in [1.807, 2.05) is 0 Å². The molecule has 0 amide bonds. The van der Waals surface area contributed by atoms with E-state index in [1.54, 1.807) is 18.2 Å². The number of nitrogens with zero attached hydrogens (tertiary/aromatic N) is 2. The summed E-state index contributed by atoms with van der Waals surface area (Å²) in [4.78, 5) is 12.2. The van der Waals surface area contributed by atoms with Crippen molar-refractivity contribution < 1.29 is 26.9 Å². The Morgan fingerprint density at radius 1 is 1.11 bits per heavy atom.